The van der Waals surface area contributed by atoms with E-state index >= 15 is 0 Å². The second kappa shape index (κ2) is 5.25. The second-order valence-electron chi connectivity index (χ2n) is 3.52. The highest BCUT2D eigenvalue weighted by molar-refractivity contribution is 5.72. The molecule has 0 atom stereocenters. The van der Waals surface area contributed by atoms with Gasteiger partial charge in [0.2, 0.25) is 5.91 Å². The summed E-state index contributed by atoms with van der Waals surface area (Å²) in [5, 5.41) is 9.48. The van der Waals surface area contributed by atoms with Gasteiger partial charge in [-0.2, -0.15) is 0 Å². The van der Waals surface area contributed by atoms with Gasteiger partial charge in [0.15, 0.2) is 11.5 Å². The van der Waals surface area contributed by atoms with Crippen molar-refractivity contribution in [2.45, 2.75) is 6.92 Å². The molecule has 1 aromatic rings. The van der Waals surface area contributed by atoms with Gasteiger partial charge in [0.1, 0.15) is 6.61 Å². The predicted molar refractivity (Wildman–Crippen MR) is 61.3 cm³/mol. The van der Waals surface area contributed by atoms with E-state index in [0.717, 1.165) is 0 Å². The lowest BCUT2D eigenvalue weighted by Crippen LogP contribution is -2.28. The highest BCUT2D eigenvalue weighted by Crippen LogP contribution is 2.27. The van der Waals surface area contributed by atoms with Gasteiger partial charge >= 0.3 is 0 Å². The lowest BCUT2D eigenvalue weighted by molar-refractivity contribution is -0.127. The molecule has 5 nitrogen and oxygen atoms in total. The van der Waals surface area contributed by atoms with Gasteiger partial charge in [-0.3, -0.25) is 4.79 Å². The first-order valence-electron chi connectivity index (χ1n) is 4.93. The number of likely N-dealkylation sites (N-methyl/N-ethyl adjacent to an activating group) is 1. The molecule has 3 N–H and O–H groups in total. The quantitative estimate of drug-likeness (QED) is 0.743. The van der Waals surface area contributed by atoms with Crippen molar-refractivity contribution in [1.82, 2.24) is 4.90 Å². The molecule has 0 aromatic heterocycles. The number of phenols is 1. The number of rotatable bonds is 4. The highest BCUT2D eigenvalue weighted by Gasteiger charge is 2.04. The van der Waals surface area contributed by atoms with Crippen LogP contribution in [-0.4, -0.2) is 36.1 Å². The maximum atomic E-state index is 10.9. The minimum absolute atomic E-state index is 0.00507. The summed E-state index contributed by atoms with van der Waals surface area (Å²) in [6, 6.07) is 4.66. The summed E-state index contributed by atoms with van der Waals surface area (Å²) < 4.78 is 5.31. The van der Waals surface area contributed by atoms with Crippen molar-refractivity contribution in [2.75, 3.05) is 25.9 Å². The van der Waals surface area contributed by atoms with Gasteiger partial charge in [-0.25, -0.2) is 0 Å². The Balaban J connectivity index is 2.46. The van der Waals surface area contributed by atoms with Crippen molar-refractivity contribution in [2.24, 2.45) is 0 Å². The fourth-order valence-corrected chi connectivity index (χ4v) is 1.11. The van der Waals surface area contributed by atoms with Crippen molar-refractivity contribution in [3.05, 3.63) is 18.2 Å². The lowest BCUT2D eigenvalue weighted by atomic mass is 10.3. The second-order valence-corrected chi connectivity index (χ2v) is 3.52. The van der Waals surface area contributed by atoms with Crippen LogP contribution in [0.4, 0.5) is 5.69 Å². The number of hydrogen-bond acceptors (Lipinski definition) is 4. The Kier molecular flexibility index (Phi) is 3.99. The monoisotopic (exact) mass is 224 g/mol. The van der Waals surface area contributed by atoms with Crippen LogP contribution in [0.25, 0.3) is 0 Å². The van der Waals surface area contributed by atoms with Crippen molar-refractivity contribution in [3.8, 4) is 11.5 Å². The maximum Gasteiger partial charge on any atom is 0.219 e. The fourth-order valence-electron chi connectivity index (χ4n) is 1.11. The van der Waals surface area contributed by atoms with Crippen molar-refractivity contribution < 1.29 is 14.6 Å². The minimum atomic E-state index is -0.0230. The Morgan fingerprint density at radius 3 is 2.81 bits per heavy atom. The third-order valence-electron chi connectivity index (χ3n) is 2.20. The largest absolute Gasteiger partial charge is 0.504 e. The van der Waals surface area contributed by atoms with Crippen molar-refractivity contribution >= 4 is 11.6 Å². The number of carbonyl (C=O) groups is 1. The van der Waals surface area contributed by atoms with Crippen LogP contribution in [0, 0.1) is 0 Å². The topological polar surface area (TPSA) is 75.8 Å². The van der Waals surface area contributed by atoms with Crippen molar-refractivity contribution in [3.63, 3.8) is 0 Å². The summed E-state index contributed by atoms with van der Waals surface area (Å²) >= 11 is 0. The molecule has 1 rings (SSSR count). The molecular formula is C11H16N2O3. The van der Waals surface area contributed by atoms with E-state index in [1.807, 2.05) is 0 Å². The number of carbonyl (C=O) groups excluding carboxylic acids is 1. The zero-order valence-corrected chi connectivity index (χ0v) is 9.43. The Morgan fingerprint density at radius 1 is 1.56 bits per heavy atom. The first-order chi connectivity index (χ1) is 7.50. The number of nitrogen functional groups attached to an aromatic ring is 1. The Morgan fingerprint density at radius 2 is 2.25 bits per heavy atom. The predicted octanol–water partition coefficient (Wildman–Crippen LogP) is 0.831. The Bertz CT molecular complexity index is 379. The molecule has 5 heteroatoms. The minimum Gasteiger partial charge on any atom is -0.504 e. The average Bonchev–Trinajstić information content (AvgIpc) is 2.20. The molecule has 0 fully saturated rings. The van der Waals surface area contributed by atoms with Gasteiger partial charge in [-0.05, 0) is 12.1 Å². The molecule has 0 saturated heterocycles. The third-order valence-corrected chi connectivity index (χ3v) is 2.20. The van der Waals surface area contributed by atoms with E-state index in [1.165, 1.54) is 17.9 Å². The van der Waals surface area contributed by atoms with Gasteiger partial charge in [-0.15, -0.1) is 0 Å². The SMILES string of the molecule is CC(=O)N(C)CCOc1ccc(N)cc1O. The summed E-state index contributed by atoms with van der Waals surface area (Å²) in [5.74, 6) is 0.349. The number of nitrogens with two attached hydrogens (primary N) is 1. The van der Waals surface area contributed by atoms with Crippen LogP contribution in [0.5, 0.6) is 11.5 Å². The van der Waals surface area contributed by atoms with Crippen LogP contribution in [0.1, 0.15) is 6.92 Å². The number of benzene rings is 1. The molecule has 1 aromatic carbocycles. The van der Waals surface area contributed by atoms with Gasteiger partial charge in [-0.1, -0.05) is 0 Å². The third kappa shape index (κ3) is 3.34. The van der Waals surface area contributed by atoms with Crippen LogP contribution >= 0.6 is 0 Å². The van der Waals surface area contributed by atoms with Crippen LogP contribution in [0.2, 0.25) is 0 Å². The highest BCUT2D eigenvalue weighted by atomic mass is 16.5. The summed E-state index contributed by atoms with van der Waals surface area (Å²) in [7, 11) is 1.69. The maximum absolute atomic E-state index is 10.9. The van der Waals surface area contributed by atoms with E-state index < -0.39 is 0 Å². The molecule has 0 unspecified atom stereocenters. The summed E-state index contributed by atoms with van der Waals surface area (Å²) in [5.41, 5.74) is 5.95. The van der Waals surface area contributed by atoms with E-state index in [1.54, 1.807) is 19.2 Å². The van der Waals surface area contributed by atoms with E-state index in [2.05, 4.69) is 0 Å². The molecular weight excluding hydrogens is 208 g/mol. The molecule has 0 aliphatic rings. The Hall–Kier alpha value is -1.91. The summed E-state index contributed by atoms with van der Waals surface area (Å²) in [4.78, 5) is 12.4. The van der Waals surface area contributed by atoms with Crippen LogP contribution in [0.15, 0.2) is 18.2 Å². The van der Waals surface area contributed by atoms with E-state index in [-0.39, 0.29) is 11.7 Å². The molecule has 88 valence electrons. The number of phenolic OH excluding ortho intramolecular Hbond substituents is 1. The van der Waals surface area contributed by atoms with Gasteiger partial charge < -0.3 is 20.5 Å². The zero-order chi connectivity index (χ0) is 12.1. The van der Waals surface area contributed by atoms with Gasteiger partial charge in [0, 0.05) is 25.7 Å². The normalized spacial score (nSPS) is 9.88. The molecule has 0 heterocycles. The van der Waals surface area contributed by atoms with E-state index in [0.29, 0.717) is 24.6 Å². The Labute approximate surface area is 94.4 Å². The molecule has 0 aliphatic carbocycles. The smallest absolute Gasteiger partial charge is 0.219 e. The van der Waals surface area contributed by atoms with Gasteiger partial charge in [0.05, 0.1) is 6.54 Å². The number of amides is 1. The molecule has 16 heavy (non-hydrogen) atoms. The van der Waals surface area contributed by atoms with Crippen LogP contribution in [-0.2, 0) is 4.79 Å². The van der Waals surface area contributed by atoms with Gasteiger partial charge in [0.25, 0.3) is 0 Å². The number of anilines is 1. The van der Waals surface area contributed by atoms with E-state index in [4.69, 9.17) is 10.5 Å². The molecule has 0 saturated carbocycles. The van der Waals surface area contributed by atoms with Crippen LogP contribution in [0.3, 0.4) is 0 Å². The fraction of sp³-hybridized carbons (Fsp3) is 0.364. The first kappa shape index (κ1) is 12.2. The first-order valence-corrected chi connectivity index (χ1v) is 4.93. The standard InChI is InChI=1S/C11H16N2O3/c1-8(14)13(2)5-6-16-11-4-3-9(12)7-10(11)15/h3-4,7,15H,5-6,12H2,1-2H3. The number of nitrogens with zero attached hydrogens (tertiary/aromatic N) is 1. The lowest BCUT2D eigenvalue weighted by Gasteiger charge is -2.15. The summed E-state index contributed by atoms with van der Waals surface area (Å²) in [6.07, 6.45) is 0. The molecule has 0 radical (unpaired) electrons. The average molecular weight is 224 g/mol. The number of ether oxygens (including phenoxy) is 1. The molecule has 1 amide bonds. The van der Waals surface area contributed by atoms with E-state index in [9.17, 15) is 9.90 Å². The molecule has 0 spiro atoms. The summed E-state index contributed by atoms with van der Waals surface area (Å²) in [6.45, 7) is 2.29. The molecule has 0 aliphatic heterocycles. The zero-order valence-electron chi connectivity index (χ0n) is 9.43. The number of hydrogen-bond donors (Lipinski definition) is 2. The number of aromatic hydroxyl groups is 1. The molecule has 0 bridgehead atoms. The van der Waals surface area contributed by atoms with Crippen molar-refractivity contribution in [1.29, 1.82) is 0 Å². The van der Waals surface area contributed by atoms with Crippen LogP contribution < -0.4 is 10.5 Å².